The second-order valence-corrected chi connectivity index (χ2v) is 6.86. The molecule has 1 atom stereocenters. The van der Waals surface area contributed by atoms with E-state index in [9.17, 15) is 14.4 Å². The van der Waals surface area contributed by atoms with Crippen molar-refractivity contribution in [3.63, 3.8) is 0 Å². The molecule has 0 aliphatic heterocycles. The highest BCUT2D eigenvalue weighted by Crippen LogP contribution is 2.21. The molecule has 0 bridgehead atoms. The topological polar surface area (TPSA) is 108 Å². The Morgan fingerprint density at radius 1 is 1.27 bits per heavy atom. The third-order valence-electron chi connectivity index (χ3n) is 4.83. The minimum Gasteiger partial charge on any atom is -0.461 e. The van der Waals surface area contributed by atoms with E-state index in [1.54, 1.807) is 25.7 Å². The average Bonchev–Trinajstić information content (AvgIpc) is 3.12. The molecule has 0 aliphatic rings. The number of hydrogen-bond acceptors (Lipinski definition) is 7. The van der Waals surface area contributed by atoms with Crippen LogP contribution >= 0.6 is 0 Å². The van der Waals surface area contributed by atoms with Crippen LogP contribution in [-0.4, -0.2) is 39.7 Å². The standard InChI is InChI=1S/C21H24N4O5/c1-6-24(15-10-8-9-12(3)11-15)19(26)13(4)25-14(5)22-18-16(20(25)27)17(23-30-18)21(28)29-7-2/h8-11,13H,6-7H2,1-5H3/t13-/m1/s1. The van der Waals surface area contributed by atoms with Gasteiger partial charge in [-0.1, -0.05) is 17.3 Å². The molecule has 0 unspecified atom stereocenters. The van der Waals surface area contributed by atoms with Crippen molar-refractivity contribution in [1.29, 1.82) is 0 Å². The lowest BCUT2D eigenvalue weighted by Gasteiger charge is -2.26. The van der Waals surface area contributed by atoms with Gasteiger partial charge in [-0.15, -0.1) is 0 Å². The van der Waals surface area contributed by atoms with Gasteiger partial charge in [-0.3, -0.25) is 14.2 Å². The van der Waals surface area contributed by atoms with Gasteiger partial charge in [-0.05, 0) is 52.3 Å². The summed E-state index contributed by atoms with van der Waals surface area (Å²) in [6.45, 7) is 9.23. The summed E-state index contributed by atoms with van der Waals surface area (Å²) < 4.78 is 11.2. The molecule has 1 aromatic carbocycles. The molecule has 9 heteroatoms. The van der Waals surface area contributed by atoms with Gasteiger partial charge < -0.3 is 14.2 Å². The molecule has 0 saturated heterocycles. The van der Waals surface area contributed by atoms with E-state index in [2.05, 4.69) is 10.1 Å². The summed E-state index contributed by atoms with van der Waals surface area (Å²) in [7, 11) is 0. The van der Waals surface area contributed by atoms with Gasteiger partial charge in [0.2, 0.25) is 11.6 Å². The largest absolute Gasteiger partial charge is 0.461 e. The quantitative estimate of drug-likeness (QED) is 0.573. The molecule has 0 aliphatic carbocycles. The van der Waals surface area contributed by atoms with Crippen LogP contribution < -0.4 is 10.5 Å². The van der Waals surface area contributed by atoms with E-state index in [1.165, 1.54) is 4.57 Å². The van der Waals surface area contributed by atoms with Crippen molar-refractivity contribution in [3.05, 3.63) is 51.7 Å². The van der Waals surface area contributed by atoms with Gasteiger partial charge in [-0.2, -0.15) is 4.98 Å². The van der Waals surface area contributed by atoms with Crippen molar-refractivity contribution in [2.24, 2.45) is 0 Å². The van der Waals surface area contributed by atoms with E-state index >= 15 is 0 Å². The molecule has 0 spiro atoms. The second kappa shape index (κ2) is 8.48. The average molecular weight is 412 g/mol. The van der Waals surface area contributed by atoms with Gasteiger partial charge in [-0.25, -0.2) is 4.79 Å². The van der Waals surface area contributed by atoms with E-state index in [1.807, 2.05) is 38.1 Å². The monoisotopic (exact) mass is 412 g/mol. The number of anilines is 1. The molecule has 3 rings (SSSR count). The maximum atomic E-state index is 13.3. The van der Waals surface area contributed by atoms with Gasteiger partial charge in [0.05, 0.1) is 6.61 Å². The van der Waals surface area contributed by atoms with E-state index in [4.69, 9.17) is 9.26 Å². The normalized spacial score (nSPS) is 12.0. The summed E-state index contributed by atoms with van der Waals surface area (Å²) in [4.78, 5) is 44.5. The first-order valence-electron chi connectivity index (χ1n) is 9.73. The number of esters is 1. The third-order valence-corrected chi connectivity index (χ3v) is 4.83. The number of rotatable bonds is 6. The number of ether oxygens (including phenoxy) is 1. The maximum Gasteiger partial charge on any atom is 0.361 e. The number of amides is 1. The van der Waals surface area contributed by atoms with E-state index in [0.29, 0.717) is 6.54 Å². The lowest BCUT2D eigenvalue weighted by atomic mass is 10.1. The van der Waals surface area contributed by atoms with Crippen molar-refractivity contribution in [2.75, 3.05) is 18.1 Å². The van der Waals surface area contributed by atoms with E-state index in [-0.39, 0.29) is 35.1 Å². The summed E-state index contributed by atoms with van der Waals surface area (Å²) >= 11 is 0. The first kappa shape index (κ1) is 21.2. The number of aryl methyl sites for hydroxylation is 2. The second-order valence-electron chi connectivity index (χ2n) is 6.86. The van der Waals surface area contributed by atoms with Gasteiger partial charge >= 0.3 is 5.97 Å². The van der Waals surface area contributed by atoms with E-state index < -0.39 is 17.6 Å². The van der Waals surface area contributed by atoms with Crippen LogP contribution in [0.1, 0.15) is 48.7 Å². The number of hydrogen-bond donors (Lipinski definition) is 0. The number of likely N-dealkylation sites (N-methyl/N-ethyl adjacent to an activating group) is 1. The molecular formula is C21H24N4O5. The van der Waals surface area contributed by atoms with Crippen LogP contribution in [0.2, 0.25) is 0 Å². The molecule has 0 N–H and O–H groups in total. The van der Waals surface area contributed by atoms with Crippen LogP contribution in [0, 0.1) is 13.8 Å². The van der Waals surface area contributed by atoms with Gasteiger partial charge in [0, 0.05) is 12.2 Å². The number of aromatic nitrogens is 3. The fourth-order valence-electron chi connectivity index (χ4n) is 3.41. The molecule has 9 nitrogen and oxygen atoms in total. The summed E-state index contributed by atoms with van der Waals surface area (Å²) in [5, 5.41) is 3.55. The van der Waals surface area contributed by atoms with E-state index in [0.717, 1.165) is 11.3 Å². The Kier molecular flexibility index (Phi) is 6.00. The highest BCUT2D eigenvalue weighted by Gasteiger charge is 2.29. The van der Waals surface area contributed by atoms with Crippen LogP contribution in [0.5, 0.6) is 0 Å². The predicted molar refractivity (Wildman–Crippen MR) is 111 cm³/mol. The first-order valence-corrected chi connectivity index (χ1v) is 9.73. The zero-order chi connectivity index (χ0) is 22.0. The van der Waals surface area contributed by atoms with Crippen molar-refractivity contribution < 1.29 is 18.8 Å². The number of benzene rings is 1. The summed E-state index contributed by atoms with van der Waals surface area (Å²) in [6.07, 6.45) is 0. The minimum absolute atomic E-state index is 0.0671. The van der Waals surface area contributed by atoms with Crippen LogP contribution in [0.3, 0.4) is 0 Å². The summed E-state index contributed by atoms with van der Waals surface area (Å²) in [5.41, 5.74) is 0.867. The van der Waals surface area contributed by atoms with Gasteiger partial charge in [0.1, 0.15) is 17.3 Å². The maximum absolute atomic E-state index is 13.3. The van der Waals surface area contributed by atoms with Crippen molar-refractivity contribution in [2.45, 2.75) is 40.7 Å². The number of carbonyl (C=O) groups excluding carboxylic acids is 2. The molecule has 0 saturated carbocycles. The van der Waals surface area contributed by atoms with Crippen molar-refractivity contribution in [1.82, 2.24) is 14.7 Å². The molecule has 2 heterocycles. The van der Waals surface area contributed by atoms with Gasteiger partial charge in [0.25, 0.3) is 11.3 Å². The zero-order valence-corrected chi connectivity index (χ0v) is 17.6. The van der Waals surface area contributed by atoms with Crippen molar-refractivity contribution >= 4 is 28.7 Å². The zero-order valence-electron chi connectivity index (χ0n) is 17.6. The van der Waals surface area contributed by atoms with Crippen LogP contribution in [0.15, 0.2) is 33.6 Å². The Bertz CT molecular complexity index is 1160. The Labute approximate surface area is 173 Å². The highest BCUT2D eigenvalue weighted by atomic mass is 16.5. The highest BCUT2D eigenvalue weighted by molar-refractivity contribution is 6.00. The van der Waals surface area contributed by atoms with Crippen LogP contribution in [-0.2, 0) is 9.53 Å². The number of nitrogens with zero attached hydrogens (tertiary/aromatic N) is 4. The SMILES string of the molecule is CCOC(=O)c1noc2nc(C)n([C@H](C)C(=O)N(CC)c3cccc(C)c3)c(=O)c12. The van der Waals surface area contributed by atoms with Crippen LogP contribution in [0.4, 0.5) is 5.69 Å². The fraction of sp³-hybridized carbons (Fsp3) is 0.381. The van der Waals surface area contributed by atoms with Gasteiger partial charge in [0.15, 0.2) is 0 Å². The third kappa shape index (κ3) is 3.70. The van der Waals surface area contributed by atoms with Crippen LogP contribution in [0.25, 0.3) is 11.1 Å². The Hall–Kier alpha value is -3.49. The molecule has 2 aromatic heterocycles. The van der Waals surface area contributed by atoms with Crippen molar-refractivity contribution in [3.8, 4) is 0 Å². The molecule has 0 fully saturated rings. The molecule has 3 aromatic rings. The first-order chi connectivity index (χ1) is 14.3. The molecule has 0 radical (unpaired) electrons. The number of fused-ring (bicyclic) bond motifs is 1. The lowest BCUT2D eigenvalue weighted by Crippen LogP contribution is -2.40. The minimum atomic E-state index is -0.861. The predicted octanol–water partition coefficient (Wildman–Crippen LogP) is 2.79. The molecule has 1 amide bonds. The summed E-state index contributed by atoms with van der Waals surface area (Å²) in [6, 6.07) is 6.71. The number of carbonyl (C=O) groups is 2. The summed E-state index contributed by atoms with van der Waals surface area (Å²) in [5.74, 6) is -0.775. The molecule has 158 valence electrons. The Balaban J connectivity index is 2.08. The lowest BCUT2D eigenvalue weighted by molar-refractivity contribution is -0.121. The molecular weight excluding hydrogens is 388 g/mol. The molecule has 30 heavy (non-hydrogen) atoms. The Morgan fingerprint density at radius 3 is 2.63 bits per heavy atom. The smallest absolute Gasteiger partial charge is 0.361 e. The fourth-order valence-corrected chi connectivity index (χ4v) is 3.41. The Morgan fingerprint density at radius 2 is 2.00 bits per heavy atom.